The third-order valence-electron chi connectivity index (χ3n) is 4.54. The van der Waals surface area contributed by atoms with Gasteiger partial charge in [0.15, 0.2) is 0 Å². The molecular weight excluding hydrogens is 310 g/mol. The Balaban J connectivity index is 1.67. The predicted molar refractivity (Wildman–Crippen MR) is 86.6 cm³/mol. The van der Waals surface area contributed by atoms with E-state index in [2.05, 4.69) is 5.32 Å². The second-order valence-electron chi connectivity index (χ2n) is 6.07. The van der Waals surface area contributed by atoms with Crippen LogP contribution in [0.2, 0.25) is 0 Å². The number of hydrogen-bond donors (Lipinski definition) is 2. The molecule has 1 amide bonds. The van der Waals surface area contributed by atoms with E-state index in [1.54, 1.807) is 12.2 Å². The highest BCUT2D eigenvalue weighted by molar-refractivity contribution is 5.87. The third kappa shape index (κ3) is 3.01. The molecule has 2 heterocycles. The van der Waals surface area contributed by atoms with Crippen LogP contribution in [0.1, 0.15) is 25.5 Å². The Kier molecular flexibility index (Phi) is 4.57. The first-order valence-electron chi connectivity index (χ1n) is 8.11. The van der Waals surface area contributed by atoms with E-state index in [0.717, 1.165) is 11.3 Å². The average Bonchev–Trinajstić information content (AvgIpc) is 3.16. The fourth-order valence-corrected chi connectivity index (χ4v) is 3.33. The minimum Gasteiger partial charge on any atom is -0.494 e. The molecule has 1 aromatic rings. The number of carbonyl (C=O) groups excluding carboxylic acids is 1. The minimum absolute atomic E-state index is 0.231. The number of amides is 1. The van der Waals surface area contributed by atoms with E-state index >= 15 is 0 Å². The van der Waals surface area contributed by atoms with Gasteiger partial charge in [0.1, 0.15) is 11.7 Å². The molecular formula is C18H21NO5. The Morgan fingerprint density at radius 2 is 1.83 bits per heavy atom. The smallest absolute Gasteiger partial charge is 0.310 e. The van der Waals surface area contributed by atoms with Crippen LogP contribution >= 0.6 is 0 Å². The molecule has 0 aromatic heterocycles. The van der Waals surface area contributed by atoms with E-state index in [1.807, 2.05) is 38.1 Å². The van der Waals surface area contributed by atoms with Crippen LogP contribution in [0.25, 0.3) is 0 Å². The fourth-order valence-electron chi connectivity index (χ4n) is 3.33. The second-order valence-corrected chi connectivity index (χ2v) is 6.07. The van der Waals surface area contributed by atoms with E-state index in [4.69, 9.17) is 9.47 Å². The van der Waals surface area contributed by atoms with E-state index in [9.17, 15) is 14.7 Å². The number of nitrogens with one attached hydrogen (secondary N) is 1. The molecule has 0 radical (unpaired) electrons. The van der Waals surface area contributed by atoms with Gasteiger partial charge in [-0.3, -0.25) is 9.59 Å². The van der Waals surface area contributed by atoms with Crippen LogP contribution in [-0.4, -0.2) is 35.8 Å². The summed E-state index contributed by atoms with van der Waals surface area (Å²) in [6.45, 7) is 4.38. The van der Waals surface area contributed by atoms with Crippen molar-refractivity contribution in [3.05, 3.63) is 42.0 Å². The highest BCUT2D eigenvalue weighted by Gasteiger charge is 2.53. The Labute approximate surface area is 140 Å². The molecule has 24 heavy (non-hydrogen) atoms. The van der Waals surface area contributed by atoms with Gasteiger partial charge in [-0.15, -0.1) is 0 Å². The largest absolute Gasteiger partial charge is 0.494 e. The zero-order chi connectivity index (χ0) is 17.3. The average molecular weight is 331 g/mol. The second kappa shape index (κ2) is 6.65. The maximum Gasteiger partial charge on any atom is 0.310 e. The number of carboxylic acids is 1. The van der Waals surface area contributed by atoms with Crippen LogP contribution in [0.5, 0.6) is 5.75 Å². The van der Waals surface area contributed by atoms with Gasteiger partial charge in [0, 0.05) is 0 Å². The molecule has 0 spiro atoms. The summed E-state index contributed by atoms with van der Waals surface area (Å²) >= 11 is 0. The molecule has 1 fully saturated rings. The van der Waals surface area contributed by atoms with Crippen LogP contribution in [0, 0.1) is 11.8 Å². The van der Waals surface area contributed by atoms with Gasteiger partial charge in [-0.25, -0.2) is 0 Å². The molecule has 2 N–H and O–H groups in total. The van der Waals surface area contributed by atoms with Crippen LogP contribution in [0.4, 0.5) is 0 Å². The van der Waals surface area contributed by atoms with Gasteiger partial charge in [-0.2, -0.15) is 0 Å². The highest BCUT2D eigenvalue weighted by Crippen LogP contribution is 2.39. The van der Waals surface area contributed by atoms with E-state index < -0.39 is 30.0 Å². The topological polar surface area (TPSA) is 84.9 Å². The number of ether oxygens (including phenoxy) is 2. The Hall–Kier alpha value is -2.34. The van der Waals surface area contributed by atoms with E-state index in [0.29, 0.717) is 6.61 Å². The zero-order valence-corrected chi connectivity index (χ0v) is 13.6. The standard InChI is InChI=1S/C18H21NO5/c1-3-23-12-6-4-11(5-7-12)10(2)19-17(20)15-13-8-9-14(24-13)16(15)18(21)22/h4-10,13-16H,3H2,1-2H3,(H,19,20)(H,21,22)/t10-,13+,14+,15-,16+/m1/s1. The lowest BCUT2D eigenvalue weighted by molar-refractivity contribution is -0.146. The number of hydrogen-bond acceptors (Lipinski definition) is 4. The summed E-state index contributed by atoms with van der Waals surface area (Å²) < 4.78 is 10.9. The van der Waals surface area contributed by atoms with Crippen LogP contribution in [0.3, 0.4) is 0 Å². The summed E-state index contributed by atoms with van der Waals surface area (Å²) in [6, 6.07) is 7.25. The van der Waals surface area contributed by atoms with Crippen molar-refractivity contribution in [2.24, 2.45) is 11.8 Å². The van der Waals surface area contributed by atoms with Gasteiger partial charge in [0.05, 0.1) is 30.8 Å². The first kappa shape index (κ1) is 16.5. The van der Waals surface area contributed by atoms with Gasteiger partial charge in [-0.1, -0.05) is 24.3 Å². The maximum absolute atomic E-state index is 12.6. The maximum atomic E-state index is 12.6. The number of fused-ring (bicyclic) bond motifs is 2. The lowest BCUT2D eigenvalue weighted by Crippen LogP contribution is -2.43. The van der Waals surface area contributed by atoms with Crippen LogP contribution < -0.4 is 10.1 Å². The first-order valence-corrected chi connectivity index (χ1v) is 8.11. The molecule has 6 nitrogen and oxygen atoms in total. The number of benzene rings is 1. The molecule has 1 aromatic carbocycles. The van der Waals surface area contributed by atoms with E-state index in [-0.39, 0.29) is 11.9 Å². The van der Waals surface area contributed by atoms with Gasteiger partial charge >= 0.3 is 5.97 Å². The molecule has 3 rings (SSSR count). The normalized spacial score (nSPS) is 28.6. The van der Waals surface area contributed by atoms with Crippen LogP contribution in [0.15, 0.2) is 36.4 Å². The zero-order valence-electron chi connectivity index (χ0n) is 13.6. The number of aliphatic carboxylic acids is 1. The molecule has 2 aliphatic rings. The van der Waals surface area contributed by atoms with Crippen molar-refractivity contribution < 1.29 is 24.2 Å². The first-order chi connectivity index (χ1) is 11.5. The summed E-state index contributed by atoms with van der Waals surface area (Å²) in [6.07, 6.45) is 2.53. The Bertz CT molecular complexity index is 654. The molecule has 2 aliphatic heterocycles. The number of carbonyl (C=O) groups is 2. The molecule has 0 aliphatic carbocycles. The molecule has 0 saturated carbocycles. The molecule has 6 heteroatoms. The summed E-state index contributed by atoms with van der Waals surface area (Å²) in [4.78, 5) is 24.0. The SMILES string of the molecule is CCOc1ccc([C@@H](C)NC(=O)[C@H]2[C@@H](C(=O)O)[C@@H]3C=C[C@@H]2O3)cc1. The number of rotatable bonds is 6. The lowest BCUT2D eigenvalue weighted by Gasteiger charge is -2.23. The van der Waals surface area contributed by atoms with Crippen molar-refractivity contribution in [2.75, 3.05) is 6.61 Å². The van der Waals surface area contributed by atoms with E-state index in [1.165, 1.54) is 0 Å². The minimum atomic E-state index is -0.999. The third-order valence-corrected chi connectivity index (χ3v) is 4.54. The lowest BCUT2D eigenvalue weighted by atomic mass is 9.82. The Morgan fingerprint density at radius 3 is 2.42 bits per heavy atom. The summed E-state index contributed by atoms with van der Waals surface area (Å²) in [5.74, 6) is -2.03. The van der Waals surface area contributed by atoms with Crippen molar-refractivity contribution in [3.8, 4) is 5.75 Å². The molecule has 2 bridgehead atoms. The summed E-state index contributed by atoms with van der Waals surface area (Å²) in [5.41, 5.74) is 0.929. The molecule has 0 unspecified atom stereocenters. The van der Waals surface area contributed by atoms with Crippen LogP contribution in [-0.2, 0) is 14.3 Å². The molecule has 5 atom stereocenters. The molecule has 128 valence electrons. The summed E-state index contributed by atoms with van der Waals surface area (Å²) in [5, 5.41) is 12.3. The van der Waals surface area contributed by atoms with Gasteiger partial charge < -0.3 is 19.9 Å². The van der Waals surface area contributed by atoms with Gasteiger partial charge in [-0.05, 0) is 31.5 Å². The van der Waals surface area contributed by atoms with Crippen molar-refractivity contribution in [3.63, 3.8) is 0 Å². The highest BCUT2D eigenvalue weighted by atomic mass is 16.5. The van der Waals surface area contributed by atoms with Crippen molar-refractivity contribution >= 4 is 11.9 Å². The quantitative estimate of drug-likeness (QED) is 0.778. The predicted octanol–water partition coefficient (Wildman–Crippen LogP) is 1.92. The monoisotopic (exact) mass is 331 g/mol. The fraction of sp³-hybridized carbons (Fsp3) is 0.444. The van der Waals surface area contributed by atoms with Crippen molar-refractivity contribution in [1.82, 2.24) is 5.32 Å². The molecule has 1 saturated heterocycles. The number of carboxylic acid groups (broad SMARTS) is 1. The van der Waals surface area contributed by atoms with Crippen molar-refractivity contribution in [1.29, 1.82) is 0 Å². The van der Waals surface area contributed by atoms with Crippen molar-refractivity contribution in [2.45, 2.75) is 32.1 Å². The van der Waals surface area contributed by atoms with Gasteiger partial charge in [0.2, 0.25) is 5.91 Å². The summed E-state index contributed by atoms with van der Waals surface area (Å²) in [7, 11) is 0. The van der Waals surface area contributed by atoms with Gasteiger partial charge in [0.25, 0.3) is 0 Å². The Morgan fingerprint density at radius 1 is 1.21 bits per heavy atom.